The average molecular weight is 273 g/mol. The van der Waals surface area contributed by atoms with E-state index in [4.69, 9.17) is 10.3 Å². The van der Waals surface area contributed by atoms with Crippen LogP contribution in [-0.2, 0) is 7.05 Å². The lowest BCUT2D eigenvalue weighted by Crippen LogP contribution is -1.98. The highest BCUT2D eigenvalue weighted by Crippen LogP contribution is 2.26. The fourth-order valence-electron chi connectivity index (χ4n) is 1.93. The van der Waals surface area contributed by atoms with Gasteiger partial charge in [0.05, 0.1) is 6.20 Å². The van der Waals surface area contributed by atoms with Gasteiger partial charge in [-0.3, -0.25) is 4.68 Å². The highest BCUT2D eigenvalue weighted by atomic mass is 19.1. The summed E-state index contributed by atoms with van der Waals surface area (Å²) in [6, 6.07) is 4.57. The van der Waals surface area contributed by atoms with Gasteiger partial charge in [0.25, 0.3) is 5.89 Å². The number of aromatic nitrogens is 4. The molecule has 0 amide bonds. The molecule has 0 aliphatic carbocycles. The summed E-state index contributed by atoms with van der Waals surface area (Å²) < 4.78 is 20.1. The van der Waals surface area contributed by atoms with Crippen LogP contribution in [0.4, 0.5) is 10.2 Å². The first-order chi connectivity index (χ1) is 9.54. The second kappa shape index (κ2) is 4.44. The van der Waals surface area contributed by atoms with Crippen molar-refractivity contribution in [2.75, 3.05) is 5.73 Å². The number of benzene rings is 1. The van der Waals surface area contributed by atoms with Crippen molar-refractivity contribution in [2.45, 2.75) is 6.92 Å². The van der Waals surface area contributed by atoms with Crippen molar-refractivity contribution in [3.05, 3.63) is 35.8 Å². The average Bonchev–Trinajstić information content (AvgIpc) is 2.97. The van der Waals surface area contributed by atoms with Crippen molar-refractivity contribution in [1.29, 1.82) is 0 Å². The summed E-state index contributed by atoms with van der Waals surface area (Å²) in [6.07, 6.45) is 1.55. The summed E-state index contributed by atoms with van der Waals surface area (Å²) >= 11 is 0. The number of nitrogen functional groups attached to an aromatic ring is 1. The third-order valence-electron chi connectivity index (χ3n) is 2.94. The zero-order chi connectivity index (χ0) is 14.3. The maximum atomic E-state index is 13.4. The van der Waals surface area contributed by atoms with Crippen LogP contribution in [0.15, 0.2) is 28.9 Å². The number of anilines is 1. The number of aryl methyl sites for hydroxylation is 2. The van der Waals surface area contributed by atoms with Gasteiger partial charge in [0.1, 0.15) is 17.2 Å². The minimum atomic E-state index is -0.341. The number of hydrogen-bond acceptors (Lipinski definition) is 5. The largest absolute Gasteiger partial charge is 0.383 e. The third kappa shape index (κ3) is 2.03. The van der Waals surface area contributed by atoms with Crippen LogP contribution in [0.2, 0.25) is 0 Å². The lowest BCUT2D eigenvalue weighted by Gasteiger charge is -1.97. The third-order valence-corrected chi connectivity index (χ3v) is 2.94. The molecule has 0 radical (unpaired) electrons. The fourth-order valence-corrected chi connectivity index (χ4v) is 1.93. The molecule has 0 aliphatic rings. The Morgan fingerprint density at radius 3 is 2.75 bits per heavy atom. The smallest absolute Gasteiger partial charge is 0.263 e. The van der Waals surface area contributed by atoms with Crippen LogP contribution in [0.25, 0.3) is 22.8 Å². The van der Waals surface area contributed by atoms with E-state index in [0.717, 1.165) is 5.56 Å². The molecule has 2 N–H and O–H groups in total. The van der Waals surface area contributed by atoms with Crippen molar-refractivity contribution >= 4 is 5.82 Å². The number of halogens is 1. The quantitative estimate of drug-likeness (QED) is 0.773. The van der Waals surface area contributed by atoms with Crippen LogP contribution < -0.4 is 5.73 Å². The van der Waals surface area contributed by atoms with Gasteiger partial charge in [-0.15, -0.1) is 0 Å². The molecule has 0 unspecified atom stereocenters. The van der Waals surface area contributed by atoms with Gasteiger partial charge in [-0.25, -0.2) is 4.39 Å². The van der Waals surface area contributed by atoms with E-state index in [1.807, 2.05) is 0 Å². The minimum absolute atomic E-state index is 0.257. The van der Waals surface area contributed by atoms with Crippen LogP contribution in [-0.4, -0.2) is 19.9 Å². The monoisotopic (exact) mass is 273 g/mol. The molecule has 2 aromatic heterocycles. The molecule has 0 aliphatic heterocycles. The predicted molar refractivity (Wildman–Crippen MR) is 71.0 cm³/mol. The number of rotatable bonds is 2. The van der Waals surface area contributed by atoms with Crippen LogP contribution in [0.3, 0.4) is 0 Å². The minimum Gasteiger partial charge on any atom is -0.383 e. The number of hydrogen-bond donors (Lipinski definition) is 1. The molecule has 7 heteroatoms. The first kappa shape index (κ1) is 12.3. The van der Waals surface area contributed by atoms with E-state index in [1.54, 1.807) is 26.2 Å². The van der Waals surface area contributed by atoms with Crippen LogP contribution in [0.5, 0.6) is 0 Å². The summed E-state index contributed by atoms with van der Waals surface area (Å²) in [4.78, 5) is 4.23. The Morgan fingerprint density at radius 1 is 1.30 bits per heavy atom. The Balaban J connectivity index is 2.04. The van der Waals surface area contributed by atoms with E-state index in [-0.39, 0.29) is 11.7 Å². The molecule has 6 nitrogen and oxygen atoms in total. The first-order valence-corrected chi connectivity index (χ1v) is 5.93. The zero-order valence-electron chi connectivity index (χ0n) is 11.0. The molecule has 0 saturated heterocycles. The number of nitrogens with two attached hydrogens (primary N) is 1. The molecule has 20 heavy (non-hydrogen) atoms. The molecule has 0 bridgehead atoms. The Morgan fingerprint density at radius 2 is 2.10 bits per heavy atom. The molecule has 0 atom stereocenters. The molecule has 0 fully saturated rings. The summed E-state index contributed by atoms with van der Waals surface area (Å²) in [5, 5.41) is 7.86. The van der Waals surface area contributed by atoms with E-state index in [2.05, 4.69) is 15.2 Å². The van der Waals surface area contributed by atoms with Crippen LogP contribution >= 0.6 is 0 Å². The van der Waals surface area contributed by atoms with E-state index >= 15 is 0 Å². The lowest BCUT2D eigenvalue weighted by atomic mass is 10.1. The van der Waals surface area contributed by atoms with Crippen molar-refractivity contribution < 1.29 is 8.91 Å². The summed E-state index contributed by atoms with van der Waals surface area (Å²) in [5.74, 6) is 0.654. The van der Waals surface area contributed by atoms with Crippen molar-refractivity contribution in [2.24, 2.45) is 7.05 Å². The molecule has 3 aromatic rings. The van der Waals surface area contributed by atoms with Gasteiger partial charge in [-0.2, -0.15) is 10.1 Å². The van der Waals surface area contributed by atoms with E-state index < -0.39 is 0 Å². The SMILES string of the molecule is Cc1cc(F)cc(-c2noc(-c3cnn(C)c3N)n2)c1. The van der Waals surface area contributed by atoms with Crippen molar-refractivity contribution in [3.63, 3.8) is 0 Å². The van der Waals surface area contributed by atoms with Gasteiger partial charge in [0, 0.05) is 12.6 Å². The molecule has 0 spiro atoms. The molecule has 3 rings (SSSR count). The van der Waals surface area contributed by atoms with Crippen LogP contribution in [0, 0.1) is 12.7 Å². The molecule has 2 heterocycles. The Bertz CT molecular complexity index is 757. The molecular formula is C13H12FN5O. The molecule has 0 saturated carbocycles. The van der Waals surface area contributed by atoms with Gasteiger partial charge in [0.15, 0.2) is 0 Å². The highest BCUT2D eigenvalue weighted by molar-refractivity contribution is 5.68. The van der Waals surface area contributed by atoms with Gasteiger partial charge in [0.2, 0.25) is 5.82 Å². The number of nitrogens with zero attached hydrogens (tertiary/aromatic N) is 4. The van der Waals surface area contributed by atoms with E-state index in [1.165, 1.54) is 16.8 Å². The van der Waals surface area contributed by atoms with Crippen molar-refractivity contribution in [1.82, 2.24) is 19.9 Å². The Labute approximate surface area is 114 Å². The Kier molecular flexibility index (Phi) is 2.74. The topological polar surface area (TPSA) is 82.8 Å². The maximum Gasteiger partial charge on any atom is 0.263 e. The summed E-state index contributed by atoms with van der Waals surface area (Å²) in [7, 11) is 1.71. The van der Waals surface area contributed by atoms with Gasteiger partial charge in [-0.05, 0) is 30.7 Å². The van der Waals surface area contributed by atoms with Gasteiger partial charge in [-0.1, -0.05) is 5.16 Å². The predicted octanol–water partition coefficient (Wildman–Crippen LogP) is 2.17. The molecule has 102 valence electrons. The first-order valence-electron chi connectivity index (χ1n) is 5.93. The van der Waals surface area contributed by atoms with Gasteiger partial charge >= 0.3 is 0 Å². The van der Waals surface area contributed by atoms with Gasteiger partial charge < -0.3 is 10.3 Å². The second-order valence-corrected chi connectivity index (χ2v) is 4.51. The van der Waals surface area contributed by atoms with E-state index in [0.29, 0.717) is 22.8 Å². The fraction of sp³-hybridized carbons (Fsp3) is 0.154. The van der Waals surface area contributed by atoms with Crippen molar-refractivity contribution in [3.8, 4) is 22.8 Å². The zero-order valence-corrected chi connectivity index (χ0v) is 11.0. The second-order valence-electron chi connectivity index (χ2n) is 4.51. The normalized spacial score (nSPS) is 10.9. The molecule has 1 aromatic carbocycles. The highest BCUT2D eigenvalue weighted by Gasteiger charge is 2.16. The maximum absolute atomic E-state index is 13.4. The summed E-state index contributed by atoms with van der Waals surface area (Å²) in [5.41, 5.74) is 7.74. The van der Waals surface area contributed by atoms with Crippen LogP contribution in [0.1, 0.15) is 5.56 Å². The van der Waals surface area contributed by atoms with E-state index in [9.17, 15) is 4.39 Å². The standard InChI is InChI=1S/C13H12FN5O/c1-7-3-8(5-9(14)4-7)12-17-13(20-18-12)10-6-16-19(2)11(10)15/h3-6H,15H2,1-2H3. The molecular weight excluding hydrogens is 261 g/mol. The summed E-state index contributed by atoms with van der Waals surface area (Å²) in [6.45, 7) is 1.80. The Hall–Kier alpha value is -2.70. The lowest BCUT2D eigenvalue weighted by molar-refractivity contribution is 0.432.